The molecule has 2 aromatic rings. The minimum Gasteiger partial charge on any atom is -0.487 e. The quantitative estimate of drug-likeness (QED) is 0.640. The lowest BCUT2D eigenvalue weighted by molar-refractivity contribution is -0.137. The zero-order chi connectivity index (χ0) is 24.1. The zero-order valence-corrected chi connectivity index (χ0v) is 19.3. The van der Waals surface area contributed by atoms with E-state index in [9.17, 15) is 18.0 Å². The molecule has 0 spiro atoms. The Morgan fingerprint density at radius 3 is 2.61 bits per heavy atom. The molecule has 1 fully saturated rings. The number of benzene rings is 2. The van der Waals surface area contributed by atoms with Crippen LogP contribution in [0.2, 0.25) is 0 Å². The fourth-order valence-electron chi connectivity index (χ4n) is 3.82. The second-order valence-electron chi connectivity index (χ2n) is 8.07. The van der Waals surface area contributed by atoms with Crippen molar-refractivity contribution in [2.75, 3.05) is 22.1 Å². The molecule has 2 aliphatic rings. The Morgan fingerprint density at radius 1 is 1.27 bits per heavy atom. The number of hydrogen-bond donors (Lipinski definition) is 1. The highest BCUT2D eigenvalue weighted by Gasteiger charge is 2.51. The Morgan fingerprint density at radius 2 is 1.97 bits per heavy atom. The van der Waals surface area contributed by atoms with E-state index in [0.717, 1.165) is 21.9 Å². The molecule has 6 nitrogen and oxygen atoms in total. The number of carbonyl (C=O) groups is 1. The molecule has 1 atom stereocenters. The molecule has 172 valence electrons. The molecule has 0 saturated carbocycles. The van der Waals surface area contributed by atoms with Crippen LogP contribution in [0.1, 0.15) is 25.0 Å². The highest BCUT2D eigenvalue weighted by atomic mass is 32.2. The lowest BCUT2D eigenvalue weighted by Crippen LogP contribution is -2.44. The van der Waals surface area contributed by atoms with Crippen molar-refractivity contribution in [3.05, 3.63) is 47.5 Å². The van der Waals surface area contributed by atoms with Gasteiger partial charge in [-0.3, -0.25) is 9.69 Å². The number of fused-ring (bicyclic) bond motifs is 1. The molecule has 33 heavy (non-hydrogen) atoms. The first kappa shape index (κ1) is 23.4. The van der Waals surface area contributed by atoms with Gasteiger partial charge in [-0.2, -0.15) is 18.4 Å². The summed E-state index contributed by atoms with van der Waals surface area (Å²) < 4.78 is 46.3. The Balaban J connectivity index is 1.74. The lowest BCUT2D eigenvalue weighted by atomic mass is 10.0. The van der Waals surface area contributed by atoms with E-state index in [0.29, 0.717) is 23.7 Å². The molecule has 2 aromatic carbocycles. The molecule has 11 heteroatoms. The van der Waals surface area contributed by atoms with E-state index in [-0.39, 0.29) is 16.9 Å². The smallest absolute Gasteiger partial charge is 0.417 e. The fourth-order valence-corrected chi connectivity index (χ4v) is 5.37. The van der Waals surface area contributed by atoms with Crippen LogP contribution in [0.15, 0.2) is 41.3 Å². The van der Waals surface area contributed by atoms with Crippen LogP contribution < -0.4 is 20.3 Å². The van der Waals surface area contributed by atoms with Gasteiger partial charge in [0.25, 0.3) is 5.91 Å². The van der Waals surface area contributed by atoms with Crippen LogP contribution in [0.3, 0.4) is 0 Å². The minimum atomic E-state index is -4.75. The normalized spacial score (nSPS) is 19.8. The highest BCUT2D eigenvalue weighted by molar-refractivity contribution is 7.99. The van der Waals surface area contributed by atoms with Gasteiger partial charge < -0.3 is 15.4 Å². The van der Waals surface area contributed by atoms with Crippen LogP contribution in [0.4, 0.5) is 24.5 Å². The van der Waals surface area contributed by atoms with Crippen LogP contribution in [-0.4, -0.2) is 35.0 Å². The molecular weight excluding hydrogens is 473 g/mol. The predicted molar refractivity (Wildman–Crippen MR) is 123 cm³/mol. The lowest BCUT2D eigenvalue weighted by Gasteiger charge is -2.31. The molecule has 0 bridgehead atoms. The van der Waals surface area contributed by atoms with E-state index in [1.165, 1.54) is 6.07 Å². The molecular formula is C22H19F3N4O2S2. The molecule has 1 amide bonds. The van der Waals surface area contributed by atoms with Crippen LogP contribution in [0.5, 0.6) is 5.75 Å². The summed E-state index contributed by atoms with van der Waals surface area (Å²) in [6.07, 6.45) is -4.84. The third kappa shape index (κ3) is 3.92. The molecule has 2 heterocycles. The number of anilines is 2. The number of nitriles is 1. The van der Waals surface area contributed by atoms with Gasteiger partial charge in [0.05, 0.1) is 27.8 Å². The van der Waals surface area contributed by atoms with Crippen molar-refractivity contribution >= 4 is 46.4 Å². The molecule has 0 radical (unpaired) electrons. The van der Waals surface area contributed by atoms with E-state index in [1.807, 2.05) is 6.07 Å². The van der Waals surface area contributed by atoms with Crippen molar-refractivity contribution in [3.8, 4) is 11.8 Å². The number of alkyl halides is 3. The second-order valence-corrected chi connectivity index (χ2v) is 9.50. The monoisotopic (exact) mass is 492 g/mol. The number of ether oxygens (including phenoxy) is 1. The zero-order valence-electron chi connectivity index (χ0n) is 17.6. The first-order chi connectivity index (χ1) is 15.5. The number of halogens is 3. The van der Waals surface area contributed by atoms with Gasteiger partial charge in [-0.15, -0.1) is 11.8 Å². The van der Waals surface area contributed by atoms with Gasteiger partial charge in [0.1, 0.15) is 17.4 Å². The Labute approximate surface area is 198 Å². The maximum atomic E-state index is 13.5. The van der Waals surface area contributed by atoms with Crippen LogP contribution in [-0.2, 0) is 11.0 Å². The average molecular weight is 493 g/mol. The number of amides is 1. The highest BCUT2D eigenvalue weighted by Crippen LogP contribution is 2.43. The van der Waals surface area contributed by atoms with Gasteiger partial charge >= 0.3 is 6.18 Å². The van der Waals surface area contributed by atoms with Gasteiger partial charge in [-0.25, -0.2) is 0 Å². The number of thioether (sulfide) groups is 1. The SMILES string of the molecule is CC1(C)C(=O)N(c2ccc(C#N)c(C(F)(F)F)c2)C(=S)N1c1ccc2c(c1)SC[C@@H](CN)O2. The van der Waals surface area contributed by atoms with Crippen LogP contribution in [0, 0.1) is 11.3 Å². The number of carbonyl (C=O) groups excluding carboxylic acids is 1. The van der Waals surface area contributed by atoms with Crippen molar-refractivity contribution in [1.82, 2.24) is 0 Å². The molecule has 1 saturated heterocycles. The number of nitrogens with two attached hydrogens (primary N) is 1. The Bertz CT molecular complexity index is 1190. The maximum Gasteiger partial charge on any atom is 0.417 e. The van der Waals surface area contributed by atoms with E-state index in [1.54, 1.807) is 48.7 Å². The summed E-state index contributed by atoms with van der Waals surface area (Å²) >= 11 is 7.15. The van der Waals surface area contributed by atoms with Gasteiger partial charge in [0, 0.05) is 18.0 Å². The Hall–Kier alpha value is -2.81. The van der Waals surface area contributed by atoms with E-state index < -0.39 is 28.7 Å². The van der Waals surface area contributed by atoms with Crippen molar-refractivity contribution in [1.29, 1.82) is 5.26 Å². The van der Waals surface area contributed by atoms with Crippen molar-refractivity contribution < 1.29 is 22.7 Å². The second kappa shape index (κ2) is 8.20. The van der Waals surface area contributed by atoms with Crippen molar-refractivity contribution in [2.45, 2.75) is 36.6 Å². The van der Waals surface area contributed by atoms with Crippen LogP contribution in [0.25, 0.3) is 0 Å². The summed E-state index contributed by atoms with van der Waals surface area (Å²) in [7, 11) is 0. The van der Waals surface area contributed by atoms with Gasteiger partial charge in [0.15, 0.2) is 5.11 Å². The molecule has 4 rings (SSSR count). The average Bonchev–Trinajstić information content (AvgIpc) is 2.95. The number of hydrogen-bond acceptors (Lipinski definition) is 6. The molecule has 0 aliphatic carbocycles. The summed E-state index contributed by atoms with van der Waals surface area (Å²) in [5.74, 6) is 0.880. The van der Waals surface area contributed by atoms with Gasteiger partial charge in [-0.05, 0) is 62.5 Å². The van der Waals surface area contributed by atoms with Gasteiger partial charge in [0.2, 0.25) is 0 Å². The summed E-state index contributed by atoms with van der Waals surface area (Å²) in [5, 5.41) is 9.11. The molecule has 0 unspecified atom stereocenters. The summed E-state index contributed by atoms with van der Waals surface area (Å²) in [4.78, 5) is 16.9. The van der Waals surface area contributed by atoms with Crippen molar-refractivity contribution in [2.24, 2.45) is 5.73 Å². The van der Waals surface area contributed by atoms with E-state index in [2.05, 4.69) is 0 Å². The Kier molecular flexibility index (Phi) is 5.80. The van der Waals surface area contributed by atoms with E-state index in [4.69, 9.17) is 28.0 Å². The number of nitrogens with zero attached hydrogens (tertiary/aromatic N) is 3. The predicted octanol–water partition coefficient (Wildman–Crippen LogP) is 4.31. The topological polar surface area (TPSA) is 82.6 Å². The summed E-state index contributed by atoms with van der Waals surface area (Å²) in [5.41, 5.74) is 3.46. The molecule has 0 aromatic heterocycles. The fraction of sp³-hybridized carbons (Fsp3) is 0.318. The summed E-state index contributed by atoms with van der Waals surface area (Å²) in [6, 6.07) is 10.0. The third-order valence-corrected chi connectivity index (χ3v) is 7.06. The first-order valence-electron chi connectivity index (χ1n) is 9.92. The standard InChI is InChI=1S/C22H19F3N4O2S2/c1-21(2)19(30)28(13-4-3-12(9-26)16(7-13)22(23,24)25)20(32)29(21)14-5-6-17-18(8-14)33-11-15(10-27)31-17/h3-8,15H,10-11,27H2,1-2H3/t15-/m1/s1. The maximum absolute atomic E-state index is 13.5. The first-order valence-corrected chi connectivity index (χ1v) is 11.3. The van der Waals surface area contributed by atoms with Gasteiger partial charge in [-0.1, -0.05) is 0 Å². The molecule has 2 aliphatic heterocycles. The largest absolute Gasteiger partial charge is 0.487 e. The minimum absolute atomic E-state index is 0.0457. The number of thiocarbonyl (C=S) groups is 1. The third-order valence-electron chi connectivity index (χ3n) is 5.52. The van der Waals surface area contributed by atoms with Crippen LogP contribution >= 0.6 is 24.0 Å². The van der Waals surface area contributed by atoms with Crippen molar-refractivity contribution in [3.63, 3.8) is 0 Å². The summed E-state index contributed by atoms with van der Waals surface area (Å²) in [6.45, 7) is 3.71. The van der Waals surface area contributed by atoms with E-state index >= 15 is 0 Å². The molecule has 2 N–H and O–H groups in total. The number of rotatable bonds is 3.